The molecule has 0 amide bonds. The average Bonchev–Trinajstić information content (AvgIpc) is 2.63. The lowest BCUT2D eigenvalue weighted by molar-refractivity contribution is -0.164. The van der Waals surface area contributed by atoms with Crippen LogP contribution in [0.2, 0.25) is 0 Å². The predicted molar refractivity (Wildman–Crippen MR) is 112 cm³/mol. The average molecular weight is 508 g/mol. The predicted octanol–water partition coefficient (Wildman–Crippen LogP) is 4.28. The number of ether oxygens (including phenoxy) is 2. The van der Waals surface area contributed by atoms with Crippen LogP contribution in [0.5, 0.6) is 0 Å². The van der Waals surface area contributed by atoms with Gasteiger partial charge in [0.15, 0.2) is 0 Å². The molecule has 0 N–H and O–H groups in total. The van der Waals surface area contributed by atoms with E-state index in [1.807, 2.05) is 48.5 Å². The number of hydrogen-bond acceptors (Lipinski definition) is 6. The maximum Gasteiger partial charge on any atom is 0.304 e. The molecule has 0 radical (unpaired) electrons. The number of benzene rings is 2. The molecule has 1 aliphatic heterocycles. The summed E-state index contributed by atoms with van der Waals surface area (Å²) in [7, 11) is 0. The molecule has 2 aromatic carbocycles. The van der Waals surface area contributed by atoms with E-state index in [0.717, 1.165) is 20.1 Å². The molecule has 0 spiro atoms. The summed E-state index contributed by atoms with van der Waals surface area (Å²) in [5, 5.41) is 0. The molecule has 1 aliphatic rings. The van der Waals surface area contributed by atoms with Gasteiger partial charge in [-0.1, -0.05) is 56.1 Å². The minimum atomic E-state index is -1.06. The highest BCUT2D eigenvalue weighted by atomic mass is 79.9. The molecule has 0 saturated carbocycles. The lowest BCUT2D eigenvalue weighted by atomic mass is 9.98. The second-order valence-corrected chi connectivity index (χ2v) is 7.80. The topological polar surface area (TPSA) is 77.3 Å². The summed E-state index contributed by atoms with van der Waals surface area (Å²) in [5.74, 6) is -1.08. The highest BCUT2D eigenvalue weighted by Gasteiger charge is 2.33. The van der Waals surface area contributed by atoms with E-state index in [-0.39, 0.29) is 0 Å². The fraction of sp³-hybridized carbons (Fsp3) is 0.200. The second-order valence-electron chi connectivity index (χ2n) is 5.97. The molecule has 6 nitrogen and oxygen atoms in total. The van der Waals surface area contributed by atoms with Gasteiger partial charge >= 0.3 is 11.9 Å². The SMILES string of the molecule is CC(=O)O[C@@H]1N=C(c2ccc(Br)cc2)C(c2ccc(Br)cc2)=N[C@H]1OC(C)=O. The van der Waals surface area contributed by atoms with E-state index < -0.39 is 24.4 Å². The van der Waals surface area contributed by atoms with Gasteiger partial charge in [0.1, 0.15) is 0 Å². The quantitative estimate of drug-likeness (QED) is 0.578. The zero-order valence-electron chi connectivity index (χ0n) is 15.1. The van der Waals surface area contributed by atoms with Crippen molar-refractivity contribution in [3.8, 4) is 0 Å². The standard InChI is InChI=1S/C20H16Br2N2O4/c1-11(25)27-19-20(28-12(2)26)24-18(14-5-9-16(22)10-6-14)17(23-19)13-3-7-15(21)8-4-13/h3-10,19-20H,1-2H3/t19-,20-/m0/s1. The van der Waals surface area contributed by atoms with Gasteiger partial charge in [-0.15, -0.1) is 0 Å². The van der Waals surface area contributed by atoms with Gasteiger partial charge in [0.2, 0.25) is 0 Å². The Kier molecular flexibility index (Phi) is 6.41. The van der Waals surface area contributed by atoms with E-state index in [9.17, 15) is 9.59 Å². The van der Waals surface area contributed by atoms with Crippen LogP contribution in [0.15, 0.2) is 67.5 Å². The van der Waals surface area contributed by atoms with Crippen LogP contribution in [0.25, 0.3) is 0 Å². The van der Waals surface area contributed by atoms with E-state index in [1.165, 1.54) is 13.8 Å². The lowest BCUT2D eigenvalue weighted by Gasteiger charge is -2.27. The fourth-order valence-corrected chi connectivity index (χ4v) is 3.18. The van der Waals surface area contributed by atoms with Gasteiger partial charge in [-0.25, -0.2) is 9.98 Å². The molecule has 0 aliphatic carbocycles. The number of esters is 2. The zero-order chi connectivity index (χ0) is 20.3. The van der Waals surface area contributed by atoms with E-state index in [2.05, 4.69) is 41.8 Å². The van der Waals surface area contributed by atoms with E-state index in [4.69, 9.17) is 9.47 Å². The van der Waals surface area contributed by atoms with Gasteiger partial charge in [0.25, 0.3) is 12.5 Å². The highest BCUT2D eigenvalue weighted by molar-refractivity contribution is 9.10. The smallest absolute Gasteiger partial charge is 0.304 e. The molecule has 1 heterocycles. The van der Waals surface area contributed by atoms with Crippen LogP contribution < -0.4 is 0 Å². The Bertz CT molecular complexity index is 874. The largest absolute Gasteiger partial charge is 0.434 e. The summed E-state index contributed by atoms with van der Waals surface area (Å²) >= 11 is 6.83. The highest BCUT2D eigenvalue weighted by Crippen LogP contribution is 2.23. The molecule has 3 rings (SSSR count). The van der Waals surface area contributed by atoms with Crippen molar-refractivity contribution in [3.05, 3.63) is 68.6 Å². The van der Waals surface area contributed by atoms with Gasteiger partial charge in [-0.05, 0) is 24.3 Å². The van der Waals surface area contributed by atoms with Crippen LogP contribution >= 0.6 is 31.9 Å². The Labute approximate surface area is 178 Å². The molecule has 0 fully saturated rings. The van der Waals surface area contributed by atoms with E-state index >= 15 is 0 Å². The van der Waals surface area contributed by atoms with Crippen molar-refractivity contribution in [1.82, 2.24) is 0 Å². The van der Waals surface area contributed by atoms with Crippen molar-refractivity contribution in [2.24, 2.45) is 9.98 Å². The van der Waals surface area contributed by atoms with E-state index in [0.29, 0.717) is 11.4 Å². The first kappa shape index (κ1) is 20.4. The molecular weight excluding hydrogens is 492 g/mol. The van der Waals surface area contributed by atoms with Gasteiger partial charge < -0.3 is 9.47 Å². The third-order valence-corrected chi connectivity index (χ3v) is 4.85. The summed E-state index contributed by atoms with van der Waals surface area (Å²) in [5.41, 5.74) is 2.68. The summed E-state index contributed by atoms with van der Waals surface area (Å²) < 4.78 is 12.4. The van der Waals surface area contributed by atoms with Crippen molar-refractivity contribution >= 4 is 55.2 Å². The normalized spacial score (nSPS) is 18.7. The third-order valence-electron chi connectivity index (χ3n) is 3.79. The summed E-state index contributed by atoms with van der Waals surface area (Å²) in [6.07, 6.45) is -2.11. The number of carbonyl (C=O) groups excluding carboxylic acids is 2. The lowest BCUT2D eigenvalue weighted by Crippen LogP contribution is -2.39. The second kappa shape index (κ2) is 8.79. The first-order valence-electron chi connectivity index (χ1n) is 8.36. The first-order chi connectivity index (χ1) is 13.3. The number of nitrogens with zero attached hydrogens (tertiary/aromatic N) is 2. The molecule has 0 unspecified atom stereocenters. The molecule has 28 heavy (non-hydrogen) atoms. The van der Waals surface area contributed by atoms with Gasteiger partial charge in [-0.2, -0.15) is 0 Å². The number of carbonyl (C=O) groups is 2. The number of aliphatic imine (C=N–C) groups is 2. The zero-order valence-corrected chi connectivity index (χ0v) is 18.2. The summed E-state index contributed by atoms with van der Waals surface area (Å²) in [6.45, 7) is 2.54. The van der Waals surface area contributed by atoms with Crippen LogP contribution in [0.4, 0.5) is 0 Å². The molecule has 0 aromatic heterocycles. The van der Waals surface area contributed by atoms with Crippen LogP contribution in [0, 0.1) is 0 Å². The third kappa shape index (κ3) is 4.94. The molecule has 0 saturated heterocycles. The van der Waals surface area contributed by atoms with Crippen LogP contribution in [-0.2, 0) is 19.1 Å². The van der Waals surface area contributed by atoms with Crippen molar-refractivity contribution in [2.75, 3.05) is 0 Å². The Morgan fingerprint density at radius 2 is 1.04 bits per heavy atom. The molecule has 2 aromatic rings. The molecular formula is C20H16Br2N2O4. The Morgan fingerprint density at radius 3 is 1.32 bits per heavy atom. The van der Waals surface area contributed by atoms with Crippen molar-refractivity contribution in [1.29, 1.82) is 0 Å². The van der Waals surface area contributed by atoms with Crippen molar-refractivity contribution in [3.63, 3.8) is 0 Å². The van der Waals surface area contributed by atoms with Crippen LogP contribution in [0.3, 0.4) is 0 Å². The minimum absolute atomic E-state index is 0.539. The summed E-state index contributed by atoms with van der Waals surface area (Å²) in [4.78, 5) is 32.2. The molecule has 0 bridgehead atoms. The number of rotatable bonds is 4. The van der Waals surface area contributed by atoms with Crippen LogP contribution in [0.1, 0.15) is 25.0 Å². The first-order valence-corrected chi connectivity index (χ1v) is 9.94. The van der Waals surface area contributed by atoms with E-state index in [1.54, 1.807) is 0 Å². The van der Waals surface area contributed by atoms with Crippen molar-refractivity contribution in [2.45, 2.75) is 26.3 Å². The summed E-state index contributed by atoms with van der Waals surface area (Å²) in [6, 6.07) is 15.1. The molecule has 2 atom stereocenters. The monoisotopic (exact) mass is 506 g/mol. The van der Waals surface area contributed by atoms with Crippen molar-refractivity contribution < 1.29 is 19.1 Å². The van der Waals surface area contributed by atoms with Gasteiger partial charge in [0.05, 0.1) is 11.4 Å². The molecule has 8 heteroatoms. The number of halogens is 2. The fourth-order valence-electron chi connectivity index (χ4n) is 2.65. The molecule has 144 valence electrons. The maximum atomic E-state index is 11.5. The Balaban J connectivity index is 2.12. The Morgan fingerprint density at radius 1 is 0.714 bits per heavy atom. The van der Waals surface area contributed by atoms with Crippen LogP contribution in [-0.4, -0.2) is 35.8 Å². The maximum absolute atomic E-state index is 11.5. The Hall–Kier alpha value is -2.32. The van der Waals surface area contributed by atoms with Gasteiger partial charge in [-0.3, -0.25) is 9.59 Å². The number of hydrogen-bond donors (Lipinski definition) is 0. The minimum Gasteiger partial charge on any atom is -0.434 e. The van der Waals surface area contributed by atoms with Gasteiger partial charge in [0, 0.05) is 33.9 Å².